The number of hydrogen-bond donors (Lipinski definition) is 4. The molecule has 4 fully saturated rings. The van der Waals surface area contributed by atoms with Gasteiger partial charge in [0.2, 0.25) is 5.91 Å². The first-order valence-electron chi connectivity index (χ1n) is 12.7. The largest absolute Gasteiger partial charge is 0.346 e. The number of urea groups is 1. The van der Waals surface area contributed by atoms with Crippen LogP contribution in [0, 0.1) is 23.7 Å². The lowest BCUT2D eigenvalue weighted by molar-refractivity contribution is -0.121. The van der Waals surface area contributed by atoms with Crippen molar-refractivity contribution in [1.82, 2.24) is 25.9 Å². The molecule has 33 heavy (non-hydrogen) atoms. The third kappa shape index (κ3) is 5.02. The second-order valence-electron chi connectivity index (χ2n) is 11.2. The number of nitrogens with one attached hydrogen (secondary N) is 4. The predicted octanol–water partition coefficient (Wildman–Crippen LogP) is 4.42. The van der Waals surface area contributed by atoms with Crippen LogP contribution >= 0.6 is 0 Å². The van der Waals surface area contributed by atoms with Crippen LogP contribution in [0.25, 0.3) is 11.0 Å². The first-order valence-corrected chi connectivity index (χ1v) is 12.7. The van der Waals surface area contributed by atoms with Crippen molar-refractivity contribution in [1.29, 1.82) is 0 Å². The number of hydrogen-bond acceptors (Lipinski definition) is 3. The van der Waals surface area contributed by atoms with E-state index in [2.05, 4.69) is 39.8 Å². The highest BCUT2D eigenvalue weighted by Crippen LogP contribution is 2.55. The Morgan fingerprint density at radius 1 is 1.09 bits per heavy atom. The molecule has 7 heteroatoms. The molecule has 2 aromatic rings. The minimum atomic E-state index is -0.175. The molecule has 0 radical (unpaired) electrons. The molecule has 4 aliphatic rings. The van der Waals surface area contributed by atoms with E-state index in [9.17, 15) is 9.59 Å². The van der Waals surface area contributed by atoms with Gasteiger partial charge >= 0.3 is 6.03 Å². The third-order valence-electron chi connectivity index (χ3n) is 7.83. The number of carbonyl (C=O) groups is 2. The van der Waals surface area contributed by atoms with Crippen LogP contribution < -0.4 is 16.0 Å². The zero-order chi connectivity index (χ0) is 23.0. The van der Waals surface area contributed by atoms with E-state index in [1.54, 1.807) is 0 Å². The Bertz CT molecular complexity index is 945. The van der Waals surface area contributed by atoms with E-state index in [0.29, 0.717) is 12.5 Å². The maximum atomic E-state index is 12.7. The van der Waals surface area contributed by atoms with Crippen molar-refractivity contribution >= 4 is 23.0 Å². The van der Waals surface area contributed by atoms with Crippen LogP contribution in [0.5, 0.6) is 0 Å². The van der Waals surface area contributed by atoms with Crippen LogP contribution in [-0.4, -0.2) is 34.0 Å². The molecular weight excluding hydrogens is 414 g/mol. The smallest absolute Gasteiger partial charge is 0.315 e. The second-order valence-corrected chi connectivity index (χ2v) is 11.2. The van der Waals surface area contributed by atoms with Crippen LogP contribution in [0.3, 0.4) is 0 Å². The monoisotopic (exact) mass is 451 g/mol. The van der Waals surface area contributed by atoms with Gasteiger partial charge in [0.1, 0.15) is 5.82 Å². The Morgan fingerprint density at radius 3 is 2.39 bits per heavy atom. The van der Waals surface area contributed by atoms with Crippen LogP contribution in [0.2, 0.25) is 0 Å². The Balaban J connectivity index is 1.12. The summed E-state index contributed by atoms with van der Waals surface area (Å²) in [5.74, 6) is 3.49. The third-order valence-corrected chi connectivity index (χ3v) is 7.83. The van der Waals surface area contributed by atoms with Gasteiger partial charge in [-0.25, -0.2) is 9.78 Å². The molecular formula is C26H37N5O2. The molecule has 7 nitrogen and oxygen atoms in total. The van der Waals surface area contributed by atoms with Gasteiger partial charge in [-0.15, -0.1) is 0 Å². The number of rotatable bonds is 8. The predicted molar refractivity (Wildman–Crippen MR) is 128 cm³/mol. The first kappa shape index (κ1) is 22.2. The van der Waals surface area contributed by atoms with Gasteiger partial charge in [0.05, 0.1) is 17.1 Å². The zero-order valence-electron chi connectivity index (χ0n) is 19.8. The lowest BCUT2D eigenvalue weighted by Crippen LogP contribution is -2.61. The van der Waals surface area contributed by atoms with Crippen molar-refractivity contribution in [2.45, 2.75) is 76.8 Å². The molecule has 4 saturated carbocycles. The quantitative estimate of drug-likeness (QED) is 0.478. The fourth-order valence-electron chi connectivity index (χ4n) is 6.95. The van der Waals surface area contributed by atoms with Gasteiger partial charge in [-0.05, 0) is 80.8 Å². The van der Waals surface area contributed by atoms with Crippen molar-refractivity contribution in [2.75, 3.05) is 6.54 Å². The van der Waals surface area contributed by atoms with Gasteiger partial charge in [0, 0.05) is 18.5 Å². The highest BCUT2D eigenvalue weighted by Gasteiger charge is 2.51. The molecule has 1 aromatic heterocycles. The molecule has 0 saturated heterocycles. The highest BCUT2D eigenvalue weighted by molar-refractivity contribution is 5.79. The standard InChI is InChI=1S/C26H37N5O2/c1-16(2)9-22(24-29-20-5-3-4-6-21(20)30-24)28-23(32)7-8-27-25(33)31-26-13-17-10-18(14-26)12-19(11-17)15-26/h3-6,16-19,22H,7-15H2,1-2H3,(H,28,32)(H,29,30)(H2,27,31,33). The SMILES string of the molecule is CC(C)CC(NC(=O)CCNC(=O)NC12CC3CC(CC(C3)C1)C2)c1nc2ccccc2[nH]1. The van der Waals surface area contributed by atoms with Crippen LogP contribution in [0.4, 0.5) is 4.79 Å². The summed E-state index contributed by atoms with van der Waals surface area (Å²) in [6.45, 7) is 4.61. The van der Waals surface area contributed by atoms with Gasteiger partial charge in [-0.1, -0.05) is 26.0 Å². The van der Waals surface area contributed by atoms with Gasteiger partial charge in [-0.2, -0.15) is 0 Å². The van der Waals surface area contributed by atoms with E-state index in [1.807, 2.05) is 24.3 Å². The minimum Gasteiger partial charge on any atom is -0.346 e. The summed E-state index contributed by atoms with van der Waals surface area (Å²) in [6, 6.07) is 7.60. The number of carbonyl (C=O) groups excluding carboxylic acids is 2. The molecule has 178 valence electrons. The van der Waals surface area contributed by atoms with Crippen molar-refractivity contribution in [3.8, 4) is 0 Å². The van der Waals surface area contributed by atoms with Gasteiger partial charge in [0.25, 0.3) is 0 Å². The van der Waals surface area contributed by atoms with E-state index in [4.69, 9.17) is 0 Å². The molecule has 4 N–H and O–H groups in total. The molecule has 4 bridgehead atoms. The summed E-state index contributed by atoms with van der Waals surface area (Å²) in [6.07, 6.45) is 8.49. The molecule has 1 unspecified atom stereocenters. The van der Waals surface area contributed by atoms with E-state index in [-0.39, 0.29) is 29.9 Å². The second kappa shape index (κ2) is 8.99. The summed E-state index contributed by atoms with van der Waals surface area (Å²) < 4.78 is 0. The lowest BCUT2D eigenvalue weighted by atomic mass is 9.53. The number of aromatic amines is 1. The Hall–Kier alpha value is -2.57. The molecule has 6 rings (SSSR count). The number of benzene rings is 1. The number of para-hydroxylation sites is 2. The Kier molecular flexibility index (Phi) is 6.06. The van der Waals surface area contributed by atoms with E-state index >= 15 is 0 Å². The van der Waals surface area contributed by atoms with Gasteiger partial charge in [0.15, 0.2) is 0 Å². The fourth-order valence-corrected chi connectivity index (χ4v) is 6.95. The molecule has 3 amide bonds. The first-order chi connectivity index (χ1) is 15.9. The van der Waals surface area contributed by atoms with Gasteiger partial charge < -0.3 is 20.9 Å². The van der Waals surface area contributed by atoms with Crippen molar-refractivity contribution in [3.63, 3.8) is 0 Å². The summed E-state index contributed by atoms with van der Waals surface area (Å²) >= 11 is 0. The number of fused-ring (bicyclic) bond motifs is 1. The molecule has 1 aromatic carbocycles. The minimum absolute atomic E-state index is 0.00918. The summed E-state index contributed by atoms with van der Waals surface area (Å²) in [5.41, 5.74) is 1.86. The maximum absolute atomic E-state index is 12.7. The highest BCUT2D eigenvalue weighted by atomic mass is 16.2. The van der Waals surface area contributed by atoms with Crippen LogP contribution in [0.1, 0.15) is 77.1 Å². The average Bonchev–Trinajstić information content (AvgIpc) is 3.16. The fraction of sp³-hybridized carbons (Fsp3) is 0.654. The topological polar surface area (TPSA) is 98.9 Å². The number of aromatic nitrogens is 2. The zero-order valence-corrected chi connectivity index (χ0v) is 19.8. The number of nitrogens with zero attached hydrogens (tertiary/aromatic N) is 1. The molecule has 4 aliphatic carbocycles. The summed E-state index contributed by atoms with van der Waals surface area (Å²) in [7, 11) is 0. The maximum Gasteiger partial charge on any atom is 0.315 e. The lowest BCUT2D eigenvalue weighted by Gasteiger charge is -2.56. The van der Waals surface area contributed by atoms with Crippen LogP contribution in [-0.2, 0) is 4.79 Å². The van der Waals surface area contributed by atoms with E-state index < -0.39 is 0 Å². The normalized spacial score (nSPS) is 28.8. The van der Waals surface area contributed by atoms with Crippen LogP contribution in [0.15, 0.2) is 24.3 Å². The number of H-pyrrole nitrogens is 1. The number of amides is 3. The summed E-state index contributed by atoms with van der Waals surface area (Å²) in [4.78, 5) is 33.3. The molecule has 0 aliphatic heterocycles. The van der Waals surface area contributed by atoms with Gasteiger partial charge in [-0.3, -0.25) is 4.79 Å². The van der Waals surface area contributed by atoms with Crippen molar-refractivity contribution in [3.05, 3.63) is 30.1 Å². The van der Waals surface area contributed by atoms with Crippen molar-refractivity contribution in [2.24, 2.45) is 23.7 Å². The van der Waals surface area contributed by atoms with E-state index in [1.165, 1.54) is 19.3 Å². The average molecular weight is 452 g/mol. The Labute approximate surface area is 195 Å². The Morgan fingerprint density at radius 2 is 1.76 bits per heavy atom. The van der Waals surface area contributed by atoms with Crippen molar-refractivity contribution < 1.29 is 9.59 Å². The molecule has 0 spiro atoms. The molecule has 1 atom stereocenters. The molecule has 1 heterocycles. The number of imidazole rings is 1. The summed E-state index contributed by atoms with van der Waals surface area (Å²) in [5, 5.41) is 9.36. The van der Waals surface area contributed by atoms with E-state index in [0.717, 1.165) is 60.3 Å².